The van der Waals surface area contributed by atoms with Crippen molar-refractivity contribution in [2.45, 2.75) is 26.2 Å². The van der Waals surface area contributed by atoms with E-state index in [9.17, 15) is 9.59 Å². The average Bonchev–Trinajstić information content (AvgIpc) is 2.70. The van der Waals surface area contributed by atoms with Crippen LogP contribution in [0.2, 0.25) is 5.02 Å². The van der Waals surface area contributed by atoms with Crippen LogP contribution in [0.3, 0.4) is 0 Å². The van der Waals surface area contributed by atoms with Crippen LogP contribution in [0.4, 0.5) is 0 Å². The number of nitrogens with one attached hydrogen (secondary N) is 2. The van der Waals surface area contributed by atoms with Gasteiger partial charge in [0.15, 0.2) is 0 Å². The molecule has 0 radical (unpaired) electrons. The summed E-state index contributed by atoms with van der Waals surface area (Å²) in [6, 6.07) is 13.0. The fourth-order valence-corrected chi connectivity index (χ4v) is 3.21. The molecule has 1 aliphatic rings. The van der Waals surface area contributed by atoms with Gasteiger partial charge in [-0.2, -0.15) is 0 Å². The Bertz CT molecular complexity index is 856. The number of carbonyl (C=O) groups is 2. The van der Waals surface area contributed by atoms with Crippen molar-refractivity contribution >= 4 is 23.4 Å². The van der Waals surface area contributed by atoms with Gasteiger partial charge in [-0.05, 0) is 55.2 Å². The minimum absolute atomic E-state index is 0.247. The summed E-state index contributed by atoms with van der Waals surface area (Å²) in [4.78, 5) is 24.2. The number of fused-ring (bicyclic) bond motifs is 1. The second-order valence-corrected chi connectivity index (χ2v) is 7.16. The molecule has 28 heavy (non-hydrogen) atoms. The number of carbonyl (C=O) groups excluding carboxylic acids is 2. The molecule has 0 fully saturated rings. The quantitative estimate of drug-likeness (QED) is 0.574. The van der Waals surface area contributed by atoms with Crippen LogP contribution in [0.15, 0.2) is 42.5 Å². The minimum Gasteiger partial charge on any atom is -0.493 e. The zero-order valence-electron chi connectivity index (χ0n) is 15.7. The van der Waals surface area contributed by atoms with E-state index in [0.29, 0.717) is 31.1 Å². The van der Waals surface area contributed by atoms with E-state index < -0.39 is 0 Å². The van der Waals surface area contributed by atoms with Gasteiger partial charge < -0.3 is 9.47 Å². The Balaban J connectivity index is 1.35. The number of hydrazine groups is 1. The summed E-state index contributed by atoms with van der Waals surface area (Å²) in [7, 11) is 0. The van der Waals surface area contributed by atoms with E-state index in [1.165, 1.54) is 0 Å². The number of hydrogen-bond donors (Lipinski definition) is 2. The van der Waals surface area contributed by atoms with Crippen molar-refractivity contribution < 1.29 is 19.1 Å². The van der Waals surface area contributed by atoms with Crippen LogP contribution in [0.5, 0.6) is 11.5 Å². The third-order valence-corrected chi connectivity index (χ3v) is 4.75. The van der Waals surface area contributed by atoms with Crippen LogP contribution in [-0.2, 0) is 16.0 Å². The molecule has 0 aromatic heterocycles. The van der Waals surface area contributed by atoms with Gasteiger partial charge >= 0.3 is 0 Å². The molecule has 0 aliphatic carbocycles. The van der Waals surface area contributed by atoms with Crippen LogP contribution >= 0.6 is 11.6 Å². The van der Waals surface area contributed by atoms with Crippen molar-refractivity contribution in [3.05, 3.63) is 58.6 Å². The maximum absolute atomic E-state index is 12.3. The molecule has 2 N–H and O–H groups in total. The maximum Gasteiger partial charge on any atom is 0.245 e. The van der Waals surface area contributed by atoms with Crippen LogP contribution < -0.4 is 20.3 Å². The van der Waals surface area contributed by atoms with Crippen molar-refractivity contribution in [2.75, 3.05) is 13.2 Å². The highest BCUT2D eigenvalue weighted by atomic mass is 35.5. The minimum atomic E-state index is -0.327. The maximum atomic E-state index is 12.3. The SMILES string of the molecule is Cc1cc(Cl)ccc1OCCCC(=O)NNC(=O)C1COc2ccccc2C1. The summed E-state index contributed by atoms with van der Waals surface area (Å²) in [6.07, 6.45) is 1.37. The van der Waals surface area contributed by atoms with E-state index in [4.69, 9.17) is 21.1 Å². The molecular formula is C21H23ClN2O4. The van der Waals surface area contributed by atoms with Gasteiger partial charge in [-0.25, -0.2) is 0 Å². The number of hydrogen-bond acceptors (Lipinski definition) is 4. The highest BCUT2D eigenvalue weighted by Crippen LogP contribution is 2.26. The van der Waals surface area contributed by atoms with E-state index in [-0.39, 0.29) is 24.2 Å². The van der Waals surface area contributed by atoms with Crippen LogP contribution in [0, 0.1) is 12.8 Å². The number of para-hydroxylation sites is 1. The van der Waals surface area contributed by atoms with Crippen molar-refractivity contribution in [3.8, 4) is 11.5 Å². The Morgan fingerprint density at radius 1 is 1.21 bits per heavy atom. The van der Waals surface area contributed by atoms with Gasteiger partial charge in [0.05, 0.1) is 12.5 Å². The van der Waals surface area contributed by atoms with Gasteiger partial charge in [-0.1, -0.05) is 29.8 Å². The number of halogens is 1. The van der Waals surface area contributed by atoms with Crippen LogP contribution in [-0.4, -0.2) is 25.0 Å². The first kappa shape index (κ1) is 20.0. The normalized spacial score (nSPS) is 15.1. The number of aryl methyl sites for hydroxylation is 1. The van der Waals surface area contributed by atoms with Gasteiger partial charge in [-0.3, -0.25) is 20.4 Å². The molecule has 6 nitrogen and oxygen atoms in total. The largest absolute Gasteiger partial charge is 0.493 e. The fourth-order valence-electron chi connectivity index (χ4n) is 2.98. The van der Waals surface area contributed by atoms with Gasteiger partial charge in [0.1, 0.15) is 18.1 Å². The Morgan fingerprint density at radius 3 is 2.86 bits per heavy atom. The predicted octanol–water partition coefficient (Wildman–Crippen LogP) is 3.21. The Hall–Kier alpha value is -2.73. The second kappa shape index (κ2) is 9.46. The number of ether oxygens (including phenoxy) is 2. The van der Waals surface area contributed by atoms with Gasteiger partial charge in [0.25, 0.3) is 0 Å². The molecule has 0 saturated carbocycles. The van der Waals surface area contributed by atoms with E-state index in [1.807, 2.05) is 43.3 Å². The average molecular weight is 403 g/mol. The molecule has 1 aliphatic heterocycles. The zero-order valence-corrected chi connectivity index (χ0v) is 16.4. The molecule has 2 aromatic rings. The molecule has 1 heterocycles. The monoisotopic (exact) mass is 402 g/mol. The Labute approximate surface area is 169 Å². The van der Waals surface area contributed by atoms with Crippen LogP contribution in [0.25, 0.3) is 0 Å². The second-order valence-electron chi connectivity index (χ2n) is 6.72. The number of amides is 2. The summed E-state index contributed by atoms with van der Waals surface area (Å²) in [5.41, 5.74) is 6.88. The molecule has 2 aromatic carbocycles. The molecule has 1 unspecified atom stereocenters. The lowest BCUT2D eigenvalue weighted by Crippen LogP contribution is -2.47. The topological polar surface area (TPSA) is 76.7 Å². The molecule has 1 atom stereocenters. The first-order valence-electron chi connectivity index (χ1n) is 9.21. The van der Waals surface area contributed by atoms with Gasteiger partial charge in [0.2, 0.25) is 11.8 Å². The third kappa shape index (κ3) is 5.39. The van der Waals surface area contributed by atoms with E-state index >= 15 is 0 Å². The van der Waals surface area contributed by atoms with Crippen LogP contribution in [0.1, 0.15) is 24.0 Å². The summed E-state index contributed by atoms with van der Waals surface area (Å²) in [5, 5.41) is 0.659. The number of rotatable bonds is 6. The van der Waals surface area contributed by atoms with E-state index in [0.717, 1.165) is 22.6 Å². The molecule has 2 amide bonds. The fraction of sp³-hybridized carbons (Fsp3) is 0.333. The molecular weight excluding hydrogens is 380 g/mol. The molecule has 3 rings (SSSR count). The molecule has 0 spiro atoms. The lowest BCUT2D eigenvalue weighted by atomic mass is 9.96. The lowest BCUT2D eigenvalue weighted by molar-refractivity contribution is -0.132. The molecule has 0 bridgehead atoms. The van der Waals surface area contributed by atoms with Crippen molar-refractivity contribution in [1.29, 1.82) is 0 Å². The smallest absolute Gasteiger partial charge is 0.245 e. The summed E-state index contributed by atoms with van der Waals surface area (Å²) in [5.74, 6) is 0.714. The highest BCUT2D eigenvalue weighted by Gasteiger charge is 2.25. The summed E-state index contributed by atoms with van der Waals surface area (Å²) >= 11 is 5.91. The molecule has 7 heteroatoms. The standard InChI is InChI=1S/C21H23ClN2O4/c1-14-11-17(22)8-9-18(14)27-10-4-7-20(25)23-24-21(26)16-12-15-5-2-3-6-19(15)28-13-16/h2-3,5-6,8-9,11,16H,4,7,10,12-13H2,1H3,(H,23,25)(H,24,26). The lowest BCUT2D eigenvalue weighted by Gasteiger charge is -2.24. The third-order valence-electron chi connectivity index (χ3n) is 4.52. The highest BCUT2D eigenvalue weighted by molar-refractivity contribution is 6.30. The van der Waals surface area contributed by atoms with Crippen molar-refractivity contribution in [1.82, 2.24) is 10.9 Å². The first-order chi connectivity index (χ1) is 13.5. The summed E-state index contributed by atoms with van der Waals surface area (Å²) < 4.78 is 11.3. The first-order valence-corrected chi connectivity index (χ1v) is 9.59. The Kier molecular flexibility index (Phi) is 6.76. The van der Waals surface area contributed by atoms with E-state index in [2.05, 4.69) is 10.9 Å². The van der Waals surface area contributed by atoms with Crippen molar-refractivity contribution in [2.24, 2.45) is 5.92 Å². The predicted molar refractivity (Wildman–Crippen MR) is 106 cm³/mol. The number of benzene rings is 2. The molecule has 0 saturated heterocycles. The van der Waals surface area contributed by atoms with Gasteiger partial charge in [0, 0.05) is 11.4 Å². The summed E-state index contributed by atoms with van der Waals surface area (Å²) in [6.45, 7) is 2.61. The Morgan fingerprint density at radius 2 is 2.04 bits per heavy atom. The zero-order chi connectivity index (χ0) is 19.9. The van der Waals surface area contributed by atoms with Gasteiger partial charge in [-0.15, -0.1) is 0 Å². The molecule has 148 valence electrons. The van der Waals surface area contributed by atoms with E-state index in [1.54, 1.807) is 6.07 Å². The van der Waals surface area contributed by atoms with Crippen molar-refractivity contribution in [3.63, 3.8) is 0 Å².